The Labute approximate surface area is 361 Å². The second-order valence-corrected chi connectivity index (χ2v) is 16.2. The first-order chi connectivity index (χ1) is 29.2. The molecule has 0 radical (unpaired) electrons. The lowest BCUT2D eigenvalue weighted by Crippen LogP contribution is -2.60. The number of furan rings is 1. The van der Waals surface area contributed by atoms with Gasteiger partial charge in [-0.3, -0.25) is 29.4 Å². The molecule has 2 aliphatic heterocycles. The number of amides is 2. The Bertz CT molecular complexity index is 2190. The maximum Gasteiger partial charge on any atom is 0.405 e. The number of carbonyl (C=O) groups is 2. The highest BCUT2D eigenvalue weighted by atomic mass is 79.9. The van der Waals surface area contributed by atoms with E-state index < -0.39 is 48.8 Å². The number of fused-ring (bicyclic) bond motifs is 1. The maximum absolute atomic E-state index is 13.9. The molecule has 2 aliphatic rings. The summed E-state index contributed by atoms with van der Waals surface area (Å²) >= 11 is 3.32. The van der Waals surface area contributed by atoms with Gasteiger partial charge in [-0.25, -0.2) is 0 Å². The standard InChI is InChI=1S/C39H44F3N5O6.C6H6BrN/c1-25-17-27(13-14-43-25)34-12-11-30(53-34)21-46-15-16-47(32(22-46)38(51)44-24-39(40,41)42)20-29(48)19-28(18-26-7-3-2-4-8-26)37(50)45-36-31-9-5-6-10-35(31)52-23-33(36)49;1-5-4-6(7)2-3-8-5/h2-14,17,28-29,32-33,36,48-49H,15-16,18-24H2,1H3,(H,44,51)(H,45,50);2-4H,1H3/t28-,29+,32+,33-,36+;/m1./s1. The van der Waals surface area contributed by atoms with Crippen LogP contribution in [0.5, 0.6) is 5.75 Å². The monoisotopic (exact) mass is 906 g/mol. The first kappa shape index (κ1) is 45.4. The highest BCUT2D eigenvalue weighted by Gasteiger charge is 2.38. The van der Waals surface area contributed by atoms with E-state index in [2.05, 4.69) is 31.2 Å². The number of pyridine rings is 2. The van der Waals surface area contributed by atoms with E-state index in [4.69, 9.17) is 9.15 Å². The fraction of sp³-hybridized carbons (Fsp3) is 0.378. The number of benzene rings is 2. The van der Waals surface area contributed by atoms with Crippen molar-refractivity contribution in [3.8, 4) is 17.1 Å². The zero-order chi connectivity index (χ0) is 43.5. The van der Waals surface area contributed by atoms with Crippen LogP contribution in [-0.4, -0.2) is 106 Å². The summed E-state index contributed by atoms with van der Waals surface area (Å²) in [5.41, 5.74) is 4.25. The van der Waals surface area contributed by atoms with Crippen LogP contribution in [0, 0.1) is 19.8 Å². The van der Waals surface area contributed by atoms with Crippen molar-refractivity contribution in [3.63, 3.8) is 0 Å². The van der Waals surface area contributed by atoms with Crippen molar-refractivity contribution in [1.82, 2.24) is 30.4 Å². The normalized spacial score (nSPS) is 19.0. The molecule has 0 saturated carbocycles. The van der Waals surface area contributed by atoms with Crippen LogP contribution in [0.25, 0.3) is 11.3 Å². The molecular formula is C45H50BrF3N6O6. The number of β-amino-alcohol motifs (C(OH)–C–C–N with tert-alkyl or cyclic N) is 1. The second kappa shape index (κ2) is 21.1. The molecule has 61 heavy (non-hydrogen) atoms. The fourth-order valence-corrected chi connectivity index (χ4v) is 7.94. The summed E-state index contributed by atoms with van der Waals surface area (Å²) in [7, 11) is 0. The number of nitrogens with zero attached hydrogens (tertiary/aromatic N) is 4. The van der Waals surface area contributed by atoms with E-state index in [1.54, 1.807) is 41.6 Å². The molecule has 324 valence electrons. The predicted octanol–water partition coefficient (Wildman–Crippen LogP) is 6.19. The number of carbonyl (C=O) groups excluding carboxylic acids is 2. The smallest absolute Gasteiger partial charge is 0.405 e. The van der Waals surface area contributed by atoms with Crippen molar-refractivity contribution in [2.45, 2.75) is 63.7 Å². The van der Waals surface area contributed by atoms with Gasteiger partial charge in [-0.1, -0.05) is 64.5 Å². The number of alkyl halides is 3. The van der Waals surface area contributed by atoms with Gasteiger partial charge in [-0.15, -0.1) is 0 Å². The highest BCUT2D eigenvalue weighted by Crippen LogP contribution is 2.33. The van der Waals surface area contributed by atoms with E-state index >= 15 is 0 Å². The molecule has 7 rings (SSSR count). The highest BCUT2D eigenvalue weighted by molar-refractivity contribution is 9.10. The lowest BCUT2D eigenvalue weighted by molar-refractivity contribution is -0.143. The number of aryl methyl sites for hydroxylation is 2. The van der Waals surface area contributed by atoms with Gasteiger partial charge in [-0.2, -0.15) is 13.2 Å². The van der Waals surface area contributed by atoms with Crippen LogP contribution >= 0.6 is 15.9 Å². The Hall–Kier alpha value is -5.13. The average molecular weight is 908 g/mol. The van der Waals surface area contributed by atoms with Crippen molar-refractivity contribution >= 4 is 27.7 Å². The lowest BCUT2D eigenvalue weighted by Gasteiger charge is -2.41. The number of hydrogen-bond acceptors (Lipinski definition) is 10. The van der Waals surface area contributed by atoms with Crippen molar-refractivity contribution in [1.29, 1.82) is 0 Å². The molecular weight excluding hydrogens is 857 g/mol. The minimum absolute atomic E-state index is 0.00243. The Morgan fingerprint density at radius 1 is 0.951 bits per heavy atom. The van der Waals surface area contributed by atoms with Gasteiger partial charge in [0.15, 0.2) is 0 Å². The summed E-state index contributed by atoms with van der Waals surface area (Å²) in [6.07, 6.45) is -2.93. The molecule has 4 N–H and O–H groups in total. The van der Waals surface area contributed by atoms with Gasteiger partial charge in [0.05, 0.1) is 18.7 Å². The molecule has 5 heterocycles. The third-order valence-electron chi connectivity index (χ3n) is 10.5. The van der Waals surface area contributed by atoms with Crippen molar-refractivity contribution in [2.75, 3.05) is 39.3 Å². The predicted molar refractivity (Wildman–Crippen MR) is 226 cm³/mol. The summed E-state index contributed by atoms with van der Waals surface area (Å²) in [6, 6.07) is 26.0. The maximum atomic E-state index is 13.9. The minimum atomic E-state index is -4.60. The minimum Gasteiger partial charge on any atom is -0.490 e. The number of aromatic nitrogens is 2. The summed E-state index contributed by atoms with van der Waals surface area (Å²) in [6.45, 7) is 3.46. The summed E-state index contributed by atoms with van der Waals surface area (Å²) in [5, 5.41) is 27.2. The van der Waals surface area contributed by atoms with Crippen LogP contribution in [0.3, 0.4) is 0 Å². The number of para-hydroxylation sites is 1. The van der Waals surface area contributed by atoms with Crippen LogP contribution in [0.2, 0.25) is 0 Å². The molecule has 0 unspecified atom stereocenters. The quantitative estimate of drug-likeness (QED) is 0.108. The number of piperazine rings is 1. The van der Waals surface area contributed by atoms with E-state index in [0.29, 0.717) is 35.9 Å². The zero-order valence-corrected chi connectivity index (χ0v) is 35.5. The number of rotatable bonds is 13. The Morgan fingerprint density at radius 2 is 1.67 bits per heavy atom. The van der Waals surface area contributed by atoms with Gasteiger partial charge in [-0.05, 0) is 74.7 Å². The van der Waals surface area contributed by atoms with Crippen LogP contribution in [0.15, 0.2) is 112 Å². The molecule has 0 aliphatic carbocycles. The van der Waals surface area contributed by atoms with Crippen LogP contribution in [0.4, 0.5) is 13.2 Å². The van der Waals surface area contributed by atoms with Crippen LogP contribution in [0.1, 0.15) is 40.7 Å². The van der Waals surface area contributed by atoms with Crippen molar-refractivity contribution in [2.24, 2.45) is 5.92 Å². The Morgan fingerprint density at radius 3 is 2.38 bits per heavy atom. The van der Waals surface area contributed by atoms with Gasteiger partial charge in [0.2, 0.25) is 11.8 Å². The van der Waals surface area contributed by atoms with Gasteiger partial charge in [0, 0.05) is 71.5 Å². The summed E-state index contributed by atoms with van der Waals surface area (Å²) in [4.78, 5) is 39.0. The molecule has 2 amide bonds. The third kappa shape index (κ3) is 13.4. The Balaban J connectivity index is 0.000000698. The fourth-order valence-electron chi connectivity index (χ4n) is 7.49. The van der Waals surface area contributed by atoms with Crippen molar-refractivity contribution in [3.05, 3.63) is 136 Å². The van der Waals surface area contributed by atoms with Gasteiger partial charge < -0.3 is 30.0 Å². The SMILES string of the molecule is Cc1cc(-c2ccc(CN3CCN(C[C@@H](O)C[C@@H](Cc4ccccc4)C(=O)N[C@H]4c5ccccc5OC[C@H]4O)[C@H](C(=O)NCC(F)(F)F)C3)o2)ccn1.Cc1cc(Br)ccn1. The van der Waals surface area contributed by atoms with E-state index in [9.17, 15) is 33.0 Å². The van der Waals surface area contributed by atoms with Crippen LogP contribution in [-0.2, 0) is 22.6 Å². The van der Waals surface area contributed by atoms with E-state index in [1.165, 1.54) is 0 Å². The van der Waals surface area contributed by atoms with E-state index in [0.717, 1.165) is 27.0 Å². The second-order valence-electron chi connectivity index (χ2n) is 15.3. The number of aliphatic hydroxyl groups excluding tert-OH is 2. The first-order valence-corrected chi connectivity index (χ1v) is 20.8. The molecule has 5 aromatic rings. The number of halogens is 4. The van der Waals surface area contributed by atoms with E-state index in [1.807, 2.05) is 90.8 Å². The molecule has 5 atom stereocenters. The molecule has 0 bridgehead atoms. The van der Waals surface area contributed by atoms with Gasteiger partial charge in [0.1, 0.15) is 42.6 Å². The molecule has 0 spiro atoms. The molecule has 1 fully saturated rings. The van der Waals surface area contributed by atoms with Gasteiger partial charge >= 0.3 is 6.18 Å². The largest absolute Gasteiger partial charge is 0.490 e. The topological polar surface area (TPSA) is 153 Å². The number of nitrogens with one attached hydrogen (secondary N) is 2. The Kier molecular flexibility index (Phi) is 15.7. The molecule has 3 aromatic heterocycles. The third-order valence-corrected chi connectivity index (χ3v) is 11.0. The van der Waals surface area contributed by atoms with Gasteiger partial charge in [0.25, 0.3) is 0 Å². The molecule has 2 aromatic carbocycles. The lowest BCUT2D eigenvalue weighted by atomic mass is 9.90. The molecule has 12 nitrogen and oxygen atoms in total. The average Bonchev–Trinajstić information content (AvgIpc) is 3.70. The molecule has 1 saturated heterocycles. The number of hydrogen-bond donors (Lipinski definition) is 4. The summed E-state index contributed by atoms with van der Waals surface area (Å²) < 4.78 is 52.2. The number of ether oxygens (including phenoxy) is 1. The molecule has 16 heteroatoms. The first-order valence-electron chi connectivity index (χ1n) is 20.0. The number of aliphatic hydroxyl groups is 2. The summed E-state index contributed by atoms with van der Waals surface area (Å²) in [5.74, 6) is -0.0744. The van der Waals surface area contributed by atoms with E-state index in [-0.39, 0.29) is 45.0 Å². The van der Waals surface area contributed by atoms with Crippen LogP contribution < -0.4 is 15.4 Å². The van der Waals surface area contributed by atoms with Crippen molar-refractivity contribution < 1.29 is 42.1 Å². The zero-order valence-electron chi connectivity index (χ0n) is 33.9.